The highest BCUT2D eigenvalue weighted by molar-refractivity contribution is 6.03. The van der Waals surface area contributed by atoms with Gasteiger partial charge in [-0.2, -0.15) is 18.3 Å². The van der Waals surface area contributed by atoms with E-state index in [1.165, 1.54) is 12.1 Å². The summed E-state index contributed by atoms with van der Waals surface area (Å²) < 4.78 is 42.7. The summed E-state index contributed by atoms with van der Waals surface area (Å²) >= 11 is 0. The molecule has 0 aliphatic carbocycles. The minimum absolute atomic E-state index is 0.00366. The van der Waals surface area contributed by atoms with Crippen LogP contribution in [0.2, 0.25) is 0 Å². The molecule has 0 bridgehead atoms. The third-order valence-corrected chi connectivity index (χ3v) is 2.82. The smallest absolute Gasteiger partial charge is 0.416 e. The van der Waals surface area contributed by atoms with Crippen LogP contribution in [-0.4, -0.2) is 28.8 Å². The quantitative estimate of drug-likeness (QED) is 0.743. The number of aromatic nitrogens is 2. The Labute approximate surface area is 134 Å². The van der Waals surface area contributed by atoms with E-state index in [-0.39, 0.29) is 23.7 Å². The van der Waals surface area contributed by atoms with Gasteiger partial charge in [-0.05, 0) is 25.1 Å². The molecule has 2 aromatic rings. The summed E-state index contributed by atoms with van der Waals surface area (Å²) in [6, 6.07) is 3.30. The maximum absolute atomic E-state index is 12.6. The van der Waals surface area contributed by atoms with Crippen LogP contribution in [-0.2, 0) is 10.9 Å². The first kappa shape index (κ1) is 17.3. The Morgan fingerprint density at radius 2 is 2.04 bits per heavy atom. The molecule has 2 rings (SSSR count). The molecule has 0 saturated carbocycles. The van der Waals surface area contributed by atoms with Crippen LogP contribution in [0.1, 0.15) is 22.8 Å². The molecule has 7 nitrogen and oxygen atoms in total. The molecule has 0 spiro atoms. The van der Waals surface area contributed by atoms with Gasteiger partial charge in [0.15, 0.2) is 0 Å². The third-order valence-electron chi connectivity index (χ3n) is 2.82. The normalized spacial score (nSPS) is 11.0. The van der Waals surface area contributed by atoms with E-state index in [2.05, 4.69) is 20.8 Å². The molecule has 1 heterocycles. The van der Waals surface area contributed by atoms with E-state index in [1.54, 1.807) is 6.92 Å². The van der Waals surface area contributed by atoms with Gasteiger partial charge in [0.25, 0.3) is 0 Å². The molecule has 1 aromatic heterocycles. The summed E-state index contributed by atoms with van der Waals surface area (Å²) in [5.74, 6) is -0.724. The number of ether oxygens (including phenoxy) is 1. The van der Waals surface area contributed by atoms with Crippen LogP contribution in [0.25, 0.3) is 0 Å². The zero-order valence-corrected chi connectivity index (χ0v) is 12.4. The molecule has 0 fully saturated rings. The zero-order valence-electron chi connectivity index (χ0n) is 12.4. The van der Waals surface area contributed by atoms with E-state index < -0.39 is 23.7 Å². The van der Waals surface area contributed by atoms with Gasteiger partial charge in [-0.1, -0.05) is 6.07 Å². The lowest BCUT2D eigenvalue weighted by Crippen LogP contribution is -2.21. The number of benzene rings is 1. The summed E-state index contributed by atoms with van der Waals surface area (Å²) in [7, 11) is 0. The van der Waals surface area contributed by atoms with Gasteiger partial charge in [-0.3, -0.25) is 10.4 Å². The van der Waals surface area contributed by atoms with Gasteiger partial charge >= 0.3 is 18.2 Å². The average Bonchev–Trinajstić information content (AvgIpc) is 2.95. The van der Waals surface area contributed by atoms with Crippen LogP contribution in [0.4, 0.5) is 29.5 Å². The number of hydrogen-bond donors (Lipinski definition) is 3. The Morgan fingerprint density at radius 1 is 1.29 bits per heavy atom. The summed E-state index contributed by atoms with van der Waals surface area (Å²) in [6.45, 7) is 1.76. The number of nitrogens with one attached hydrogen (secondary N) is 3. The van der Waals surface area contributed by atoms with Crippen molar-refractivity contribution >= 4 is 23.5 Å². The number of esters is 1. The summed E-state index contributed by atoms with van der Waals surface area (Å²) in [5, 5.41) is 10.5. The summed E-state index contributed by atoms with van der Waals surface area (Å²) in [4.78, 5) is 23.5. The van der Waals surface area contributed by atoms with E-state index >= 15 is 0 Å². The van der Waals surface area contributed by atoms with E-state index in [1.807, 2.05) is 0 Å². The van der Waals surface area contributed by atoms with E-state index in [4.69, 9.17) is 4.74 Å². The Morgan fingerprint density at radius 3 is 2.71 bits per heavy atom. The monoisotopic (exact) mass is 342 g/mol. The van der Waals surface area contributed by atoms with Gasteiger partial charge in [0.1, 0.15) is 11.4 Å². The molecule has 1 aromatic carbocycles. The number of nitrogens with zero attached hydrogens (tertiary/aromatic N) is 1. The predicted octanol–water partition coefficient (Wildman–Crippen LogP) is 3.25. The van der Waals surface area contributed by atoms with Crippen molar-refractivity contribution in [3.63, 3.8) is 0 Å². The number of urea groups is 1. The van der Waals surface area contributed by atoms with Crippen molar-refractivity contribution in [2.24, 2.45) is 0 Å². The van der Waals surface area contributed by atoms with Crippen molar-refractivity contribution in [2.45, 2.75) is 13.1 Å². The number of aromatic amines is 1. The number of H-pyrrole nitrogens is 1. The molecule has 3 N–H and O–H groups in total. The summed E-state index contributed by atoms with van der Waals surface area (Å²) in [6.07, 6.45) is -3.35. The highest BCUT2D eigenvalue weighted by atomic mass is 19.4. The van der Waals surface area contributed by atoms with Crippen LogP contribution >= 0.6 is 0 Å². The first-order valence-corrected chi connectivity index (χ1v) is 6.77. The van der Waals surface area contributed by atoms with Crippen LogP contribution in [0.3, 0.4) is 0 Å². The topological polar surface area (TPSA) is 96.1 Å². The maximum Gasteiger partial charge on any atom is 0.416 e. The first-order valence-electron chi connectivity index (χ1n) is 6.77. The van der Waals surface area contributed by atoms with E-state index in [0.717, 1.165) is 18.3 Å². The van der Waals surface area contributed by atoms with Gasteiger partial charge in [0.05, 0.1) is 18.4 Å². The number of alkyl halides is 3. The molecular formula is C14H13F3N4O3. The molecule has 128 valence electrons. The highest BCUT2D eigenvalue weighted by Crippen LogP contribution is 2.30. The van der Waals surface area contributed by atoms with Crippen LogP contribution in [0.5, 0.6) is 0 Å². The molecule has 0 aliphatic rings. The SMILES string of the molecule is CCOC(=O)c1cn[nH]c1NC(=O)Nc1cccc(C(F)(F)F)c1. The molecule has 10 heteroatoms. The Kier molecular flexibility index (Phi) is 5.07. The van der Waals surface area contributed by atoms with Crippen LogP contribution < -0.4 is 10.6 Å². The second kappa shape index (κ2) is 7.02. The molecule has 24 heavy (non-hydrogen) atoms. The Bertz CT molecular complexity index is 743. The minimum atomic E-state index is -4.52. The standard InChI is InChI=1S/C14H13F3N4O3/c1-2-24-12(22)10-7-18-21-11(10)20-13(23)19-9-5-3-4-8(6-9)14(15,16)17/h3-7H,2H2,1H3,(H3,18,19,20,21,23). The van der Waals surface area contributed by atoms with Crippen molar-refractivity contribution in [3.05, 3.63) is 41.6 Å². The van der Waals surface area contributed by atoms with Gasteiger partial charge in [-0.25, -0.2) is 9.59 Å². The van der Waals surface area contributed by atoms with E-state index in [0.29, 0.717) is 0 Å². The average molecular weight is 342 g/mol. The zero-order chi connectivity index (χ0) is 17.7. The largest absolute Gasteiger partial charge is 0.462 e. The predicted molar refractivity (Wildman–Crippen MR) is 78.6 cm³/mol. The third kappa shape index (κ3) is 4.24. The minimum Gasteiger partial charge on any atom is -0.462 e. The lowest BCUT2D eigenvalue weighted by Gasteiger charge is -2.10. The first-order chi connectivity index (χ1) is 11.3. The van der Waals surface area contributed by atoms with Gasteiger partial charge in [-0.15, -0.1) is 0 Å². The molecule has 0 saturated heterocycles. The van der Waals surface area contributed by atoms with Crippen LogP contribution in [0.15, 0.2) is 30.5 Å². The van der Waals surface area contributed by atoms with E-state index in [9.17, 15) is 22.8 Å². The summed E-state index contributed by atoms with van der Waals surface area (Å²) in [5.41, 5.74) is -0.954. The Hall–Kier alpha value is -3.04. The van der Waals surface area contributed by atoms with Crippen molar-refractivity contribution < 1.29 is 27.5 Å². The highest BCUT2D eigenvalue weighted by Gasteiger charge is 2.30. The molecule has 0 unspecified atom stereocenters. The van der Waals surface area contributed by atoms with Gasteiger partial charge in [0, 0.05) is 5.69 Å². The fourth-order valence-electron chi connectivity index (χ4n) is 1.79. The number of amides is 2. The van der Waals surface area contributed by atoms with Crippen molar-refractivity contribution in [1.29, 1.82) is 0 Å². The fraction of sp³-hybridized carbons (Fsp3) is 0.214. The number of anilines is 2. The maximum atomic E-state index is 12.6. The number of carbonyl (C=O) groups excluding carboxylic acids is 2. The van der Waals surface area contributed by atoms with Crippen molar-refractivity contribution in [1.82, 2.24) is 10.2 Å². The lowest BCUT2D eigenvalue weighted by molar-refractivity contribution is -0.137. The Balaban J connectivity index is 2.07. The molecule has 0 aliphatic heterocycles. The van der Waals surface area contributed by atoms with Crippen molar-refractivity contribution in [2.75, 3.05) is 17.2 Å². The van der Waals surface area contributed by atoms with Gasteiger partial charge in [0.2, 0.25) is 0 Å². The number of carbonyl (C=O) groups is 2. The number of halogens is 3. The second-order valence-corrected chi connectivity index (χ2v) is 4.54. The number of rotatable bonds is 4. The van der Waals surface area contributed by atoms with Crippen LogP contribution in [0, 0.1) is 0 Å². The lowest BCUT2D eigenvalue weighted by atomic mass is 10.2. The number of hydrogen-bond acceptors (Lipinski definition) is 4. The molecule has 0 radical (unpaired) electrons. The van der Waals surface area contributed by atoms with Gasteiger partial charge < -0.3 is 10.1 Å². The molecule has 0 atom stereocenters. The van der Waals surface area contributed by atoms with Crippen molar-refractivity contribution in [3.8, 4) is 0 Å². The molecular weight excluding hydrogens is 329 g/mol. The molecule has 2 amide bonds. The second-order valence-electron chi connectivity index (χ2n) is 4.54. The fourth-order valence-corrected chi connectivity index (χ4v) is 1.79.